The van der Waals surface area contributed by atoms with E-state index in [2.05, 4.69) is 27.6 Å². The molecule has 4 bridgehead atoms. The highest BCUT2D eigenvalue weighted by Gasteiger charge is 2.36. The molecule has 0 saturated heterocycles. The number of ether oxygens (including phenoxy) is 2. The van der Waals surface area contributed by atoms with Gasteiger partial charge in [0.05, 0.1) is 36.4 Å². The number of carbonyl (C=O) groups excluding carboxylic acids is 1. The highest BCUT2D eigenvalue weighted by molar-refractivity contribution is 7.90. The van der Waals surface area contributed by atoms with E-state index in [-0.39, 0.29) is 17.2 Å². The van der Waals surface area contributed by atoms with E-state index in [1.54, 1.807) is 30.6 Å². The number of sulfonamides is 1. The summed E-state index contributed by atoms with van der Waals surface area (Å²) in [6, 6.07) is 12.7. The Hall–Kier alpha value is -3.30. The Kier molecular flexibility index (Phi) is 7.83. The normalized spacial score (nSPS) is 23.6. The highest BCUT2D eigenvalue weighted by Crippen LogP contribution is 2.42. The van der Waals surface area contributed by atoms with Crippen LogP contribution in [-0.4, -0.2) is 45.6 Å². The van der Waals surface area contributed by atoms with Gasteiger partial charge < -0.3 is 14.4 Å². The molecule has 2 aromatic carbocycles. The summed E-state index contributed by atoms with van der Waals surface area (Å²) in [5.74, 6) is 1.39. The molecule has 3 atom stereocenters. The number of nitrogens with zero attached hydrogens (tertiary/aromatic N) is 2. The van der Waals surface area contributed by atoms with Crippen molar-refractivity contribution in [2.75, 3.05) is 31.2 Å². The zero-order valence-corrected chi connectivity index (χ0v) is 24.6. The Morgan fingerprint density at radius 2 is 1.88 bits per heavy atom. The molecule has 6 rings (SSSR count). The summed E-state index contributed by atoms with van der Waals surface area (Å²) < 4.78 is 41.3. The Morgan fingerprint density at radius 3 is 2.68 bits per heavy atom. The van der Waals surface area contributed by atoms with Gasteiger partial charge in [-0.2, -0.15) is 0 Å². The van der Waals surface area contributed by atoms with Crippen LogP contribution in [0.2, 0.25) is 5.02 Å². The fourth-order valence-electron chi connectivity index (χ4n) is 6.11. The van der Waals surface area contributed by atoms with Crippen LogP contribution in [0.5, 0.6) is 11.5 Å². The predicted molar refractivity (Wildman–Crippen MR) is 157 cm³/mol. The number of rotatable bonds is 3. The highest BCUT2D eigenvalue weighted by atomic mass is 35.5. The third-order valence-corrected chi connectivity index (χ3v) is 10.0. The SMILES string of the molecule is CCCc1cc(Cl)ccc1[C@@H]1COc2ccc3cc2N(C1)C[C@@H]1CC[C@H]1COc1cncc(c1)CC(=O)NS3(=O)=O. The molecule has 216 valence electrons. The van der Waals surface area contributed by atoms with E-state index in [4.69, 9.17) is 21.1 Å². The van der Waals surface area contributed by atoms with Crippen LogP contribution in [0.3, 0.4) is 0 Å². The fraction of sp³-hybridized carbons (Fsp3) is 0.419. The zero-order chi connectivity index (χ0) is 28.6. The summed E-state index contributed by atoms with van der Waals surface area (Å²) in [6.45, 7) is 4.59. The lowest BCUT2D eigenvalue weighted by Crippen LogP contribution is -2.42. The molecule has 1 fully saturated rings. The van der Waals surface area contributed by atoms with Gasteiger partial charge >= 0.3 is 0 Å². The second kappa shape index (κ2) is 11.5. The van der Waals surface area contributed by atoms with Crippen molar-refractivity contribution in [2.45, 2.75) is 49.8 Å². The number of halogens is 1. The first kappa shape index (κ1) is 27.8. The van der Waals surface area contributed by atoms with Crippen molar-refractivity contribution in [1.29, 1.82) is 0 Å². The number of nitrogens with one attached hydrogen (secondary N) is 1. The van der Waals surface area contributed by atoms with Crippen molar-refractivity contribution < 1.29 is 22.7 Å². The van der Waals surface area contributed by atoms with Gasteiger partial charge in [-0.05, 0) is 84.2 Å². The molecule has 8 nitrogen and oxygen atoms in total. The number of aryl methyl sites for hydroxylation is 1. The van der Waals surface area contributed by atoms with Crippen molar-refractivity contribution >= 4 is 33.2 Å². The third-order valence-electron chi connectivity index (χ3n) is 8.40. The molecule has 1 saturated carbocycles. The molecule has 2 aliphatic heterocycles. The molecule has 10 heteroatoms. The Balaban J connectivity index is 1.38. The molecule has 1 aromatic heterocycles. The summed E-state index contributed by atoms with van der Waals surface area (Å²) in [5.41, 5.74) is 3.73. The quantitative estimate of drug-likeness (QED) is 0.448. The van der Waals surface area contributed by atoms with E-state index in [0.717, 1.165) is 42.9 Å². The standard InChI is InChI=1S/C31H34ClN3O5S/c1-2-3-21-12-25(32)6-8-28(21)24-17-35-16-22-4-5-23(22)18-39-26-10-20(14-33-15-26)11-31(36)34-41(37,38)27-7-9-30(40-19-24)29(35)13-27/h6-10,12-15,22-24H,2-5,11,16-19H2,1H3,(H,34,36)/t22-,23-,24-/m0/s1. The second-order valence-corrected chi connectivity index (χ2v) is 13.4. The molecule has 3 aromatic rings. The number of hydrogen-bond donors (Lipinski definition) is 1. The molecule has 41 heavy (non-hydrogen) atoms. The first-order valence-electron chi connectivity index (χ1n) is 14.2. The molecule has 3 heterocycles. The van der Waals surface area contributed by atoms with Crippen molar-refractivity contribution in [3.63, 3.8) is 0 Å². The molecule has 1 aliphatic carbocycles. The number of fused-ring (bicyclic) bond motifs is 4. The van der Waals surface area contributed by atoms with Crippen molar-refractivity contribution in [3.05, 3.63) is 76.6 Å². The van der Waals surface area contributed by atoms with E-state index in [1.165, 1.54) is 17.2 Å². The zero-order valence-electron chi connectivity index (χ0n) is 23.0. The van der Waals surface area contributed by atoms with Gasteiger partial charge in [0.25, 0.3) is 10.0 Å². The van der Waals surface area contributed by atoms with Crippen LogP contribution in [-0.2, 0) is 27.7 Å². The van der Waals surface area contributed by atoms with Crippen LogP contribution in [0.25, 0.3) is 0 Å². The number of benzene rings is 2. The van der Waals surface area contributed by atoms with Crippen LogP contribution in [0.1, 0.15) is 48.8 Å². The molecule has 1 N–H and O–H groups in total. The maximum absolute atomic E-state index is 13.3. The first-order chi connectivity index (χ1) is 19.8. The lowest BCUT2D eigenvalue weighted by atomic mass is 9.73. The van der Waals surface area contributed by atoms with Crippen LogP contribution in [0, 0.1) is 11.8 Å². The van der Waals surface area contributed by atoms with Crippen molar-refractivity contribution in [3.8, 4) is 11.5 Å². The summed E-state index contributed by atoms with van der Waals surface area (Å²) >= 11 is 6.37. The molecule has 0 spiro atoms. The summed E-state index contributed by atoms with van der Waals surface area (Å²) in [6.07, 6.45) is 7.10. The maximum atomic E-state index is 13.3. The number of hydrogen-bond acceptors (Lipinski definition) is 7. The van der Waals surface area contributed by atoms with Gasteiger partial charge in [-0.3, -0.25) is 9.78 Å². The number of aromatic nitrogens is 1. The number of pyridine rings is 1. The van der Waals surface area contributed by atoms with E-state index in [9.17, 15) is 13.2 Å². The number of amides is 1. The molecular formula is C31H34ClN3O5S. The molecule has 3 aliphatic rings. The minimum absolute atomic E-state index is 0.0299. The minimum Gasteiger partial charge on any atom is -0.492 e. The average molecular weight is 596 g/mol. The molecule has 0 radical (unpaired) electrons. The van der Waals surface area contributed by atoms with E-state index >= 15 is 0 Å². The van der Waals surface area contributed by atoms with Crippen LogP contribution < -0.4 is 19.1 Å². The van der Waals surface area contributed by atoms with Gasteiger partial charge in [-0.1, -0.05) is 31.0 Å². The maximum Gasteiger partial charge on any atom is 0.264 e. The van der Waals surface area contributed by atoms with Crippen LogP contribution in [0.15, 0.2) is 59.8 Å². The largest absolute Gasteiger partial charge is 0.492 e. The fourth-order valence-corrected chi connectivity index (χ4v) is 7.31. The summed E-state index contributed by atoms with van der Waals surface area (Å²) in [7, 11) is -4.11. The number of carbonyl (C=O) groups is 1. The van der Waals surface area contributed by atoms with Gasteiger partial charge in [-0.15, -0.1) is 0 Å². The minimum atomic E-state index is -4.11. The van der Waals surface area contributed by atoms with Crippen LogP contribution >= 0.6 is 11.6 Å². The van der Waals surface area contributed by atoms with Crippen molar-refractivity contribution in [1.82, 2.24) is 9.71 Å². The second-order valence-electron chi connectivity index (χ2n) is 11.3. The Morgan fingerprint density at radius 1 is 1.02 bits per heavy atom. The van der Waals surface area contributed by atoms with Crippen LogP contribution in [0.4, 0.5) is 5.69 Å². The number of anilines is 1. The van der Waals surface area contributed by atoms with Gasteiger partial charge in [0.1, 0.15) is 11.5 Å². The average Bonchev–Trinajstić information content (AvgIpc) is 3.10. The Bertz CT molecular complexity index is 1560. The first-order valence-corrected chi connectivity index (χ1v) is 16.1. The van der Waals surface area contributed by atoms with E-state index < -0.39 is 15.9 Å². The van der Waals surface area contributed by atoms with Gasteiger partial charge in [0.15, 0.2) is 0 Å². The molecule has 1 amide bonds. The molecular weight excluding hydrogens is 562 g/mol. The van der Waals surface area contributed by atoms with Gasteiger partial charge in [0, 0.05) is 30.2 Å². The summed E-state index contributed by atoms with van der Waals surface area (Å²) in [4.78, 5) is 19.2. The van der Waals surface area contributed by atoms with Gasteiger partial charge in [0.2, 0.25) is 5.91 Å². The van der Waals surface area contributed by atoms with Gasteiger partial charge in [-0.25, -0.2) is 13.1 Å². The van der Waals surface area contributed by atoms with Crippen molar-refractivity contribution in [2.24, 2.45) is 11.8 Å². The third kappa shape index (κ3) is 6.02. The summed E-state index contributed by atoms with van der Waals surface area (Å²) in [5, 5.41) is 0.718. The smallest absolute Gasteiger partial charge is 0.264 e. The van der Waals surface area contributed by atoms with E-state index in [0.29, 0.717) is 48.7 Å². The van der Waals surface area contributed by atoms with E-state index in [1.807, 2.05) is 12.1 Å². The lowest BCUT2D eigenvalue weighted by molar-refractivity contribution is -0.118. The molecule has 0 unspecified atom stereocenters. The topological polar surface area (TPSA) is 97.8 Å². The predicted octanol–water partition coefficient (Wildman–Crippen LogP) is 5.14. The Labute approximate surface area is 246 Å². The lowest BCUT2D eigenvalue weighted by Gasteiger charge is -2.41. The monoisotopic (exact) mass is 595 g/mol.